The maximum absolute atomic E-state index is 10.6. The van der Waals surface area contributed by atoms with Crippen molar-refractivity contribution in [2.45, 2.75) is 13.8 Å². The molecule has 0 spiro atoms. The van der Waals surface area contributed by atoms with Gasteiger partial charge in [-0.15, -0.1) is 0 Å². The third-order valence-corrected chi connectivity index (χ3v) is 1.90. The fraction of sp³-hybridized carbons (Fsp3) is 0.500. The fourth-order valence-corrected chi connectivity index (χ4v) is 1.20. The molecule has 0 aliphatic heterocycles. The Kier molecular flexibility index (Phi) is 4.50. The first kappa shape index (κ1) is 12.2. The number of carboxylic acid groups (broad SMARTS) is 1. The maximum Gasteiger partial charge on any atom is 0.323 e. The minimum absolute atomic E-state index is 0.119. The van der Waals surface area contributed by atoms with Gasteiger partial charge >= 0.3 is 5.97 Å². The summed E-state index contributed by atoms with van der Waals surface area (Å²) in [5, 5.41) is 8.72. The number of hydrogen-bond donors (Lipinski definition) is 1. The zero-order valence-electron chi connectivity index (χ0n) is 9.38. The molecular formula is C10H15N3O3. The molecule has 1 heterocycles. The first-order chi connectivity index (χ1) is 7.67. The standard InChI is InChI=1S/C10H15N3O3/c1-3-13(7-9(14)15)10-11-6-5-8(12-10)16-4-2/h5-6H,3-4,7H2,1-2H3,(H,14,15). The molecule has 0 unspecified atom stereocenters. The zero-order valence-corrected chi connectivity index (χ0v) is 9.38. The number of hydrogen-bond acceptors (Lipinski definition) is 5. The van der Waals surface area contributed by atoms with Crippen molar-refractivity contribution < 1.29 is 14.6 Å². The van der Waals surface area contributed by atoms with Gasteiger partial charge in [-0.3, -0.25) is 4.79 Å². The number of carbonyl (C=O) groups is 1. The van der Waals surface area contributed by atoms with Crippen LogP contribution in [0.3, 0.4) is 0 Å². The van der Waals surface area contributed by atoms with E-state index in [1.165, 1.54) is 0 Å². The molecule has 1 aromatic rings. The highest BCUT2D eigenvalue weighted by Gasteiger charge is 2.11. The molecule has 0 aliphatic rings. The van der Waals surface area contributed by atoms with Crippen molar-refractivity contribution in [1.29, 1.82) is 0 Å². The summed E-state index contributed by atoms with van der Waals surface area (Å²) in [6, 6.07) is 1.64. The van der Waals surface area contributed by atoms with E-state index in [9.17, 15) is 4.79 Å². The van der Waals surface area contributed by atoms with Crippen molar-refractivity contribution in [3.05, 3.63) is 12.3 Å². The van der Waals surface area contributed by atoms with Crippen LogP contribution in [0.15, 0.2) is 12.3 Å². The van der Waals surface area contributed by atoms with E-state index in [0.29, 0.717) is 25.0 Å². The molecule has 0 bridgehead atoms. The third-order valence-electron chi connectivity index (χ3n) is 1.90. The highest BCUT2D eigenvalue weighted by Crippen LogP contribution is 2.12. The smallest absolute Gasteiger partial charge is 0.323 e. The molecule has 0 amide bonds. The monoisotopic (exact) mass is 225 g/mol. The van der Waals surface area contributed by atoms with Gasteiger partial charge in [0.15, 0.2) is 0 Å². The van der Waals surface area contributed by atoms with E-state index >= 15 is 0 Å². The van der Waals surface area contributed by atoms with Gasteiger partial charge < -0.3 is 14.7 Å². The highest BCUT2D eigenvalue weighted by molar-refractivity contribution is 5.72. The van der Waals surface area contributed by atoms with Gasteiger partial charge in [0.25, 0.3) is 0 Å². The van der Waals surface area contributed by atoms with Crippen molar-refractivity contribution in [2.24, 2.45) is 0 Å². The second kappa shape index (κ2) is 5.89. The van der Waals surface area contributed by atoms with Crippen LogP contribution in [-0.2, 0) is 4.79 Å². The quantitative estimate of drug-likeness (QED) is 0.771. The SMILES string of the molecule is CCOc1ccnc(N(CC)CC(=O)O)n1. The molecule has 0 radical (unpaired) electrons. The second-order valence-corrected chi connectivity index (χ2v) is 3.04. The number of likely N-dealkylation sites (N-methyl/N-ethyl adjacent to an activating group) is 1. The van der Waals surface area contributed by atoms with E-state index in [-0.39, 0.29) is 6.54 Å². The Morgan fingerprint density at radius 2 is 2.31 bits per heavy atom. The summed E-state index contributed by atoms with van der Waals surface area (Å²) >= 11 is 0. The van der Waals surface area contributed by atoms with E-state index < -0.39 is 5.97 Å². The van der Waals surface area contributed by atoms with E-state index in [1.807, 2.05) is 13.8 Å². The lowest BCUT2D eigenvalue weighted by molar-refractivity contribution is -0.135. The fourth-order valence-electron chi connectivity index (χ4n) is 1.20. The Labute approximate surface area is 93.9 Å². The van der Waals surface area contributed by atoms with Crippen LogP contribution in [0, 0.1) is 0 Å². The van der Waals surface area contributed by atoms with E-state index in [4.69, 9.17) is 9.84 Å². The molecule has 1 N–H and O–H groups in total. The zero-order chi connectivity index (χ0) is 12.0. The van der Waals surface area contributed by atoms with Gasteiger partial charge in [-0.25, -0.2) is 4.98 Å². The predicted molar refractivity (Wildman–Crippen MR) is 58.7 cm³/mol. The summed E-state index contributed by atoms with van der Waals surface area (Å²) in [6.45, 7) is 4.63. The Bertz CT molecular complexity index is 357. The second-order valence-electron chi connectivity index (χ2n) is 3.04. The molecule has 1 aromatic heterocycles. The predicted octanol–water partition coefficient (Wildman–Crippen LogP) is 0.786. The topological polar surface area (TPSA) is 75.5 Å². The van der Waals surface area contributed by atoms with Crippen molar-refractivity contribution in [3.8, 4) is 5.88 Å². The number of anilines is 1. The van der Waals surface area contributed by atoms with Crippen molar-refractivity contribution in [3.63, 3.8) is 0 Å². The van der Waals surface area contributed by atoms with Gasteiger partial charge in [0.2, 0.25) is 11.8 Å². The molecule has 6 heteroatoms. The third kappa shape index (κ3) is 3.38. The average molecular weight is 225 g/mol. The van der Waals surface area contributed by atoms with Crippen LogP contribution in [0.5, 0.6) is 5.88 Å². The summed E-state index contributed by atoms with van der Waals surface area (Å²) in [7, 11) is 0. The molecule has 0 saturated carbocycles. The normalized spacial score (nSPS) is 9.88. The van der Waals surface area contributed by atoms with Crippen LogP contribution in [0.2, 0.25) is 0 Å². The largest absolute Gasteiger partial charge is 0.480 e. The van der Waals surface area contributed by atoms with E-state index in [2.05, 4.69) is 9.97 Å². The van der Waals surface area contributed by atoms with Gasteiger partial charge in [-0.2, -0.15) is 4.98 Å². The number of carboxylic acids is 1. The van der Waals surface area contributed by atoms with Crippen molar-refractivity contribution >= 4 is 11.9 Å². The van der Waals surface area contributed by atoms with E-state index in [0.717, 1.165) is 0 Å². The van der Waals surface area contributed by atoms with E-state index in [1.54, 1.807) is 17.2 Å². The Morgan fingerprint density at radius 3 is 2.88 bits per heavy atom. The number of aromatic nitrogens is 2. The number of rotatable bonds is 6. The molecule has 1 rings (SSSR count). The van der Waals surface area contributed by atoms with Gasteiger partial charge in [0, 0.05) is 18.8 Å². The van der Waals surface area contributed by atoms with Crippen LogP contribution in [0.1, 0.15) is 13.8 Å². The van der Waals surface area contributed by atoms with Gasteiger partial charge in [0.05, 0.1) is 6.61 Å². The molecule has 0 fully saturated rings. The van der Waals surface area contributed by atoms with Crippen LogP contribution in [0.4, 0.5) is 5.95 Å². The highest BCUT2D eigenvalue weighted by atomic mass is 16.5. The van der Waals surface area contributed by atoms with Crippen molar-refractivity contribution in [1.82, 2.24) is 9.97 Å². The summed E-state index contributed by atoms with van der Waals surface area (Å²) in [5.74, 6) is -0.0838. The summed E-state index contributed by atoms with van der Waals surface area (Å²) < 4.78 is 5.22. The van der Waals surface area contributed by atoms with Crippen molar-refractivity contribution in [2.75, 3.05) is 24.6 Å². The van der Waals surface area contributed by atoms with Crippen LogP contribution >= 0.6 is 0 Å². The lowest BCUT2D eigenvalue weighted by Gasteiger charge is -2.18. The number of aliphatic carboxylic acids is 1. The number of nitrogens with zero attached hydrogens (tertiary/aromatic N) is 3. The molecule has 88 valence electrons. The molecule has 16 heavy (non-hydrogen) atoms. The average Bonchev–Trinajstić information content (AvgIpc) is 2.26. The lowest BCUT2D eigenvalue weighted by Crippen LogP contribution is -2.30. The molecule has 6 nitrogen and oxygen atoms in total. The summed E-state index contributed by atoms with van der Waals surface area (Å²) in [6.07, 6.45) is 1.55. The van der Waals surface area contributed by atoms with Gasteiger partial charge in [-0.05, 0) is 13.8 Å². The lowest BCUT2D eigenvalue weighted by atomic mass is 10.5. The van der Waals surface area contributed by atoms with Gasteiger partial charge in [0.1, 0.15) is 6.54 Å². The van der Waals surface area contributed by atoms with Crippen LogP contribution < -0.4 is 9.64 Å². The summed E-state index contributed by atoms with van der Waals surface area (Å²) in [4.78, 5) is 20.3. The van der Waals surface area contributed by atoms with Gasteiger partial charge in [-0.1, -0.05) is 0 Å². The maximum atomic E-state index is 10.6. The number of ether oxygens (including phenoxy) is 1. The molecule has 0 aromatic carbocycles. The minimum atomic E-state index is -0.910. The molecule has 0 atom stereocenters. The Morgan fingerprint density at radius 1 is 1.56 bits per heavy atom. The Balaban J connectivity index is 2.83. The minimum Gasteiger partial charge on any atom is -0.480 e. The molecule has 0 saturated heterocycles. The van der Waals surface area contributed by atoms with Crippen LogP contribution in [0.25, 0.3) is 0 Å². The first-order valence-corrected chi connectivity index (χ1v) is 5.10. The summed E-state index contributed by atoms with van der Waals surface area (Å²) in [5.41, 5.74) is 0. The Hall–Kier alpha value is -1.85. The molecule has 0 aliphatic carbocycles. The van der Waals surface area contributed by atoms with Crippen LogP contribution in [-0.4, -0.2) is 40.7 Å². The first-order valence-electron chi connectivity index (χ1n) is 5.10. The molecular weight excluding hydrogens is 210 g/mol.